The van der Waals surface area contributed by atoms with Crippen LogP contribution in [-0.4, -0.2) is 73.7 Å². The Morgan fingerprint density at radius 2 is 1.89 bits per heavy atom. The molecule has 0 bridgehead atoms. The van der Waals surface area contributed by atoms with Gasteiger partial charge in [-0.1, -0.05) is 35.3 Å². The number of hydrogen-bond donors (Lipinski definition) is 2. The van der Waals surface area contributed by atoms with Gasteiger partial charge in [-0.15, -0.1) is 0 Å². The van der Waals surface area contributed by atoms with Gasteiger partial charge in [0.1, 0.15) is 11.9 Å². The van der Waals surface area contributed by atoms with Crippen LogP contribution in [-0.2, 0) is 27.3 Å². The van der Waals surface area contributed by atoms with Crippen molar-refractivity contribution in [3.05, 3.63) is 57.7 Å². The van der Waals surface area contributed by atoms with E-state index < -0.39 is 6.04 Å². The number of rotatable bonds is 10. The van der Waals surface area contributed by atoms with Gasteiger partial charge in [0.2, 0.25) is 11.8 Å². The van der Waals surface area contributed by atoms with E-state index in [9.17, 15) is 9.59 Å². The lowest BCUT2D eigenvalue weighted by Gasteiger charge is -2.37. The number of piperazine rings is 1. The van der Waals surface area contributed by atoms with E-state index in [-0.39, 0.29) is 17.9 Å². The molecule has 2 aromatic rings. The summed E-state index contributed by atoms with van der Waals surface area (Å²) in [5.41, 5.74) is 1.86. The Balaban J connectivity index is 1.64. The molecule has 0 saturated carbocycles. The predicted molar refractivity (Wildman–Crippen MR) is 139 cm³/mol. The third kappa shape index (κ3) is 7.80. The lowest BCUT2D eigenvalue weighted by molar-refractivity contribution is -0.136. The zero-order valence-electron chi connectivity index (χ0n) is 20.4. The maximum absolute atomic E-state index is 13.4. The van der Waals surface area contributed by atoms with E-state index in [2.05, 4.69) is 33.5 Å². The molecular weight excluding hydrogens is 489 g/mol. The summed E-state index contributed by atoms with van der Waals surface area (Å²) in [4.78, 5) is 33.8. The molecule has 1 aliphatic rings. The highest BCUT2D eigenvalue weighted by Crippen LogP contribution is 2.23. The number of anilines is 1. The standard InChI is InChI=1S/C25H33Cl2N5O3/c1-17(16-35-3)29-15-20-5-4-8-28-24(20)31-9-11-32(12-10-31)25(34)23(30-18(2)33)13-19-6-7-21(26)14-22(19)27/h4-8,14,17,23,29H,9-13,15-16H2,1-3H3,(H,30,33)/t17?,23-/m1/s1. The van der Waals surface area contributed by atoms with E-state index in [0.29, 0.717) is 55.8 Å². The first-order chi connectivity index (χ1) is 16.8. The minimum absolute atomic E-state index is 0.123. The minimum atomic E-state index is -0.699. The molecule has 1 saturated heterocycles. The molecule has 1 fully saturated rings. The molecule has 0 aliphatic carbocycles. The van der Waals surface area contributed by atoms with Crippen molar-refractivity contribution in [3.63, 3.8) is 0 Å². The Hall–Kier alpha value is -2.39. The molecule has 2 heterocycles. The van der Waals surface area contributed by atoms with Gasteiger partial charge in [0.15, 0.2) is 0 Å². The molecule has 1 aromatic carbocycles. The number of carbonyl (C=O) groups excluding carboxylic acids is 2. The summed E-state index contributed by atoms with van der Waals surface area (Å²) in [6, 6.07) is 8.68. The maximum Gasteiger partial charge on any atom is 0.245 e. The Labute approximate surface area is 216 Å². The predicted octanol–water partition coefficient (Wildman–Crippen LogP) is 2.91. The van der Waals surface area contributed by atoms with Crippen molar-refractivity contribution in [1.82, 2.24) is 20.5 Å². The van der Waals surface area contributed by atoms with Crippen LogP contribution in [0.1, 0.15) is 25.0 Å². The van der Waals surface area contributed by atoms with Gasteiger partial charge >= 0.3 is 0 Å². The molecule has 10 heteroatoms. The molecule has 0 radical (unpaired) electrons. The smallest absolute Gasteiger partial charge is 0.245 e. The van der Waals surface area contributed by atoms with E-state index in [0.717, 1.165) is 16.9 Å². The summed E-state index contributed by atoms with van der Waals surface area (Å²) in [6.07, 6.45) is 2.09. The van der Waals surface area contributed by atoms with Gasteiger partial charge < -0.3 is 25.2 Å². The zero-order valence-corrected chi connectivity index (χ0v) is 21.9. The summed E-state index contributed by atoms with van der Waals surface area (Å²) < 4.78 is 5.20. The number of hydrogen-bond acceptors (Lipinski definition) is 6. The normalized spacial score (nSPS) is 15.6. The van der Waals surface area contributed by atoms with Crippen LogP contribution in [0.15, 0.2) is 36.5 Å². The number of nitrogens with one attached hydrogen (secondary N) is 2. The molecule has 1 aliphatic heterocycles. The topological polar surface area (TPSA) is 86.8 Å². The zero-order chi connectivity index (χ0) is 25.4. The lowest BCUT2D eigenvalue weighted by atomic mass is 10.0. The first-order valence-electron chi connectivity index (χ1n) is 11.7. The van der Waals surface area contributed by atoms with Crippen LogP contribution in [0, 0.1) is 0 Å². The highest BCUT2D eigenvalue weighted by Gasteiger charge is 2.29. The molecule has 2 atom stereocenters. The second kappa shape index (κ2) is 13.1. The molecule has 8 nitrogen and oxygen atoms in total. The van der Waals surface area contributed by atoms with Crippen molar-refractivity contribution < 1.29 is 14.3 Å². The summed E-state index contributed by atoms with van der Waals surface area (Å²) >= 11 is 12.3. The summed E-state index contributed by atoms with van der Waals surface area (Å²) in [6.45, 7) is 7.17. The van der Waals surface area contributed by atoms with Crippen molar-refractivity contribution in [3.8, 4) is 0 Å². The summed E-state index contributed by atoms with van der Waals surface area (Å²) in [7, 11) is 1.69. The van der Waals surface area contributed by atoms with Crippen LogP contribution in [0.5, 0.6) is 0 Å². The van der Waals surface area contributed by atoms with Crippen molar-refractivity contribution in [2.24, 2.45) is 0 Å². The Kier molecular flexibility index (Phi) is 10.2. The van der Waals surface area contributed by atoms with Gasteiger partial charge in [0.25, 0.3) is 0 Å². The van der Waals surface area contributed by atoms with E-state index in [1.54, 1.807) is 36.4 Å². The molecule has 35 heavy (non-hydrogen) atoms. The van der Waals surface area contributed by atoms with Crippen LogP contribution in [0.3, 0.4) is 0 Å². The number of halogens is 2. The van der Waals surface area contributed by atoms with Crippen LogP contribution in [0.2, 0.25) is 10.0 Å². The van der Waals surface area contributed by atoms with E-state index >= 15 is 0 Å². The SMILES string of the molecule is COCC(C)NCc1cccnc1N1CCN(C(=O)[C@@H](Cc2ccc(Cl)cc2Cl)NC(C)=O)CC1. The fraction of sp³-hybridized carbons (Fsp3) is 0.480. The molecule has 2 amide bonds. The van der Waals surface area contributed by atoms with Crippen molar-refractivity contribution in [2.45, 2.75) is 38.9 Å². The van der Waals surface area contributed by atoms with Crippen LogP contribution >= 0.6 is 23.2 Å². The third-order valence-corrected chi connectivity index (χ3v) is 6.52. The van der Waals surface area contributed by atoms with Gasteiger partial charge in [0, 0.05) is 81.0 Å². The van der Waals surface area contributed by atoms with E-state index in [1.165, 1.54) is 6.92 Å². The van der Waals surface area contributed by atoms with Crippen LogP contribution in [0.4, 0.5) is 5.82 Å². The quantitative estimate of drug-likeness (QED) is 0.499. The van der Waals surface area contributed by atoms with Crippen molar-refractivity contribution in [1.29, 1.82) is 0 Å². The van der Waals surface area contributed by atoms with Crippen LogP contribution in [0.25, 0.3) is 0 Å². The first kappa shape index (κ1) is 27.2. The monoisotopic (exact) mass is 521 g/mol. The molecule has 190 valence electrons. The largest absolute Gasteiger partial charge is 0.383 e. The van der Waals surface area contributed by atoms with E-state index in [4.69, 9.17) is 27.9 Å². The van der Waals surface area contributed by atoms with Gasteiger partial charge in [-0.25, -0.2) is 4.98 Å². The molecular formula is C25H33Cl2N5O3. The van der Waals surface area contributed by atoms with Crippen molar-refractivity contribution in [2.75, 3.05) is 44.8 Å². The number of amides is 2. The second-order valence-corrected chi connectivity index (χ2v) is 9.57. The average Bonchev–Trinajstić information content (AvgIpc) is 2.84. The summed E-state index contributed by atoms with van der Waals surface area (Å²) in [5.74, 6) is 0.533. The Morgan fingerprint density at radius 3 is 2.54 bits per heavy atom. The number of methoxy groups -OCH3 is 1. The maximum atomic E-state index is 13.4. The van der Waals surface area contributed by atoms with Crippen molar-refractivity contribution >= 4 is 40.8 Å². The number of nitrogens with zero attached hydrogens (tertiary/aromatic N) is 3. The van der Waals surface area contributed by atoms with Crippen LogP contribution < -0.4 is 15.5 Å². The molecule has 2 N–H and O–H groups in total. The summed E-state index contributed by atoms with van der Waals surface area (Å²) in [5, 5.41) is 7.24. The highest BCUT2D eigenvalue weighted by atomic mass is 35.5. The number of pyridine rings is 1. The second-order valence-electron chi connectivity index (χ2n) is 8.73. The first-order valence-corrected chi connectivity index (χ1v) is 12.4. The third-order valence-electron chi connectivity index (χ3n) is 5.93. The van der Waals surface area contributed by atoms with Gasteiger partial charge in [0.05, 0.1) is 6.61 Å². The van der Waals surface area contributed by atoms with Gasteiger partial charge in [-0.05, 0) is 30.7 Å². The highest BCUT2D eigenvalue weighted by molar-refractivity contribution is 6.35. The molecule has 3 rings (SSSR count). The fourth-order valence-corrected chi connectivity index (χ4v) is 4.64. The fourth-order valence-electron chi connectivity index (χ4n) is 4.16. The average molecular weight is 522 g/mol. The Morgan fingerprint density at radius 1 is 1.14 bits per heavy atom. The number of benzene rings is 1. The number of carbonyl (C=O) groups is 2. The Bertz CT molecular complexity index is 1010. The molecule has 0 spiro atoms. The van der Waals surface area contributed by atoms with Gasteiger partial charge in [-0.2, -0.15) is 0 Å². The number of ether oxygens (including phenoxy) is 1. The number of aromatic nitrogens is 1. The minimum Gasteiger partial charge on any atom is -0.383 e. The van der Waals surface area contributed by atoms with E-state index in [1.807, 2.05) is 6.07 Å². The van der Waals surface area contributed by atoms with Gasteiger partial charge in [-0.3, -0.25) is 9.59 Å². The molecule has 1 unspecified atom stereocenters. The molecule has 1 aromatic heterocycles. The lowest BCUT2D eigenvalue weighted by Crippen LogP contribution is -2.55.